The molecule has 28 heavy (non-hydrogen) atoms. The Balaban J connectivity index is 1.59. The number of nitrogens with one attached hydrogen (secondary N) is 1. The third-order valence-electron chi connectivity index (χ3n) is 3.91. The summed E-state index contributed by atoms with van der Waals surface area (Å²) >= 11 is 1.74. The van der Waals surface area contributed by atoms with Gasteiger partial charge in [0.05, 0.1) is 6.61 Å². The van der Waals surface area contributed by atoms with Crippen molar-refractivity contribution in [3.8, 4) is 5.88 Å². The zero-order valence-electron chi connectivity index (χ0n) is 15.6. The molecule has 1 heterocycles. The van der Waals surface area contributed by atoms with Crippen molar-refractivity contribution in [1.29, 1.82) is 0 Å². The van der Waals surface area contributed by atoms with Crippen LogP contribution in [-0.4, -0.2) is 31.2 Å². The largest absolute Gasteiger partial charge is 0.474 e. The van der Waals surface area contributed by atoms with Crippen molar-refractivity contribution in [3.63, 3.8) is 0 Å². The standard InChI is InChI=1S/C22H22N2O3S/c1-26-14-15-27-22-20(8-5-13-23-22)24-21(25)18-9-11-19(12-10-18)28-16-17-6-3-2-4-7-17/h2-13H,14-16H2,1H3,(H,24,25). The lowest BCUT2D eigenvalue weighted by molar-refractivity contribution is 0.102. The average Bonchev–Trinajstić information content (AvgIpc) is 2.75. The molecule has 0 spiro atoms. The fourth-order valence-electron chi connectivity index (χ4n) is 2.46. The van der Waals surface area contributed by atoms with Crippen LogP contribution in [0.3, 0.4) is 0 Å². The first-order valence-corrected chi connectivity index (χ1v) is 9.89. The quantitative estimate of drug-likeness (QED) is 0.423. The van der Waals surface area contributed by atoms with E-state index in [-0.39, 0.29) is 5.91 Å². The highest BCUT2D eigenvalue weighted by atomic mass is 32.2. The molecule has 0 radical (unpaired) electrons. The number of thioether (sulfide) groups is 1. The van der Waals surface area contributed by atoms with E-state index in [1.807, 2.05) is 42.5 Å². The molecule has 1 aromatic heterocycles. The van der Waals surface area contributed by atoms with E-state index in [4.69, 9.17) is 9.47 Å². The second kappa shape index (κ2) is 10.5. The summed E-state index contributed by atoms with van der Waals surface area (Å²) in [4.78, 5) is 17.8. The molecule has 0 atom stereocenters. The van der Waals surface area contributed by atoms with E-state index in [9.17, 15) is 4.79 Å². The minimum absolute atomic E-state index is 0.204. The number of hydrogen-bond acceptors (Lipinski definition) is 5. The van der Waals surface area contributed by atoms with E-state index in [1.54, 1.807) is 37.2 Å². The first-order chi connectivity index (χ1) is 13.8. The van der Waals surface area contributed by atoms with Crippen LogP contribution in [0.25, 0.3) is 0 Å². The molecule has 2 aromatic carbocycles. The first kappa shape index (κ1) is 19.9. The Morgan fingerprint density at radius 2 is 1.79 bits per heavy atom. The van der Waals surface area contributed by atoms with Gasteiger partial charge in [-0.15, -0.1) is 11.8 Å². The maximum Gasteiger partial charge on any atom is 0.255 e. The molecule has 144 valence electrons. The van der Waals surface area contributed by atoms with Gasteiger partial charge in [-0.2, -0.15) is 0 Å². The maximum atomic E-state index is 12.6. The van der Waals surface area contributed by atoms with Gasteiger partial charge in [-0.25, -0.2) is 4.98 Å². The molecule has 0 saturated carbocycles. The Bertz CT molecular complexity index is 886. The predicted molar refractivity (Wildman–Crippen MR) is 112 cm³/mol. The van der Waals surface area contributed by atoms with Crippen LogP contribution in [0, 0.1) is 0 Å². The van der Waals surface area contributed by atoms with Crippen LogP contribution in [-0.2, 0) is 10.5 Å². The summed E-state index contributed by atoms with van der Waals surface area (Å²) < 4.78 is 10.5. The highest BCUT2D eigenvalue weighted by Gasteiger charge is 2.11. The zero-order valence-corrected chi connectivity index (χ0v) is 16.4. The summed E-state index contributed by atoms with van der Waals surface area (Å²) in [5.74, 6) is 1.07. The van der Waals surface area contributed by atoms with Gasteiger partial charge in [0.1, 0.15) is 12.3 Å². The van der Waals surface area contributed by atoms with Gasteiger partial charge in [0, 0.05) is 29.5 Å². The fourth-order valence-corrected chi connectivity index (χ4v) is 3.31. The van der Waals surface area contributed by atoms with Crippen molar-refractivity contribution in [2.75, 3.05) is 25.6 Å². The Kier molecular flexibility index (Phi) is 7.46. The molecule has 5 nitrogen and oxygen atoms in total. The van der Waals surface area contributed by atoms with E-state index >= 15 is 0 Å². The number of hydrogen-bond donors (Lipinski definition) is 1. The molecule has 0 aliphatic rings. The Labute approximate surface area is 169 Å². The Morgan fingerprint density at radius 3 is 2.54 bits per heavy atom. The van der Waals surface area contributed by atoms with E-state index in [1.165, 1.54) is 5.56 Å². The summed E-state index contributed by atoms with van der Waals surface area (Å²) in [7, 11) is 1.60. The second-order valence-electron chi connectivity index (χ2n) is 5.95. The summed E-state index contributed by atoms with van der Waals surface area (Å²) in [5, 5.41) is 2.86. The van der Waals surface area contributed by atoms with Gasteiger partial charge in [0.25, 0.3) is 5.91 Å². The Hall–Kier alpha value is -2.83. The number of benzene rings is 2. The van der Waals surface area contributed by atoms with Crippen molar-refractivity contribution in [2.45, 2.75) is 10.6 Å². The Morgan fingerprint density at radius 1 is 1.00 bits per heavy atom. The van der Waals surface area contributed by atoms with Gasteiger partial charge in [-0.3, -0.25) is 4.79 Å². The van der Waals surface area contributed by atoms with Crippen LogP contribution in [0.4, 0.5) is 5.69 Å². The number of pyridine rings is 1. The van der Waals surface area contributed by atoms with Crippen molar-refractivity contribution in [3.05, 3.63) is 84.1 Å². The predicted octanol–water partition coefficient (Wildman–Crippen LogP) is 4.65. The van der Waals surface area contributed by atoms with Crippen molar-refractivity contribution >= 4 is 23.4 Å². The number of methoxy groups -OCH3 is 1. The summed E-state index contributed by atoms with van der Waals surface area (Å²) in [6.07, 6.45) is 1.62. The van der Waals surface area contributed by atoms with Crippen LogP contribution in [0.5, 0.6) is 5.88 Å². The number of carbonyl (C=O) groups excluding carboxylic acids is 1. The number of carbonyl (C=O) groups is 1. The number of amides is 1. The molecular weight excluding hydrogens is 372 g/mol. The van der Waals surface area contributed by atoms with Gasteiger partial charge in [0.15, 0.2) is 0 Å². The molecule has 0 aliphatic carbocycles. The van der Waals surface area contributed by atoms with Gasteiger partial charge in [0.2, 0.25) is 5.88 Å². The topological polar surface area (TPSA) is 60.5 Å². The SMILES string of the molecule is COCCOc1ncccc1NC(=O)c1ccc(SCc2ccccc2)cc1. The van der Waals surface area contributed by atoms with E-state index in [0.717, 1.165) is 10.6 Å². The van der Waals surface area contributed by atoms with Crippen molar-refractivity contribution in [1.82, 2.24) is 4.98 Å². The van der Waals surface area contributed by atoms with Crippen LogP contribution in [0.2, 0.25) is 0 Å². The third kappa shape index (κ3) is 5.84. The van der Waals surface area contributed by atoms with Gasteiger partial charge in [-0.1, -0.05) is 30.3 Å². The second-order valence-corrected chi connectivity index (χ2v) is 7.00. The monoisotopic (exact) mass is 394 g/mol. The highest BCUT2D eigenvalue weighted by Crippen LogP contribution is 2.24. The average molecular weight is 394 g/mol. The lowest BCUT2D eigenvalue weighted by Gasteiger charge is -2.11. The molecule has 3 rings (SSSR count). The lowest BCUT2D eigenvalue weighted by atomic mass is 10.2. The summed E-state index contributed by atoms with van der Waals surface area (Å²) in [6.45, 7) is 0.815. The van der Waals surface area contributed by atoms with Crippen LogP contribution < -0.4 is 10.1 Å². The molecule has 6 heteroatoms. The fraction of sp³-hybridized carbons (Fsp3) is 0.182. The molecule has 1 amide bonds. The van der Waals surface area contributed by atoms with Crippen LogP contribution >= 0.6 is 11.8 Å². The van der Waals surface area contributed by atoms with Gasteiger partial charge >= 0.3 is 0 Å². The molecule has 0 unspecified atom stereocenters. The maximum absolute atomic E-state index is 12.6. The van der Waals surface area contributed by atoms with E-state index < -0.39 is 0 Å². The van der Waals surface area contributed by atoms with Gasteiger partial charge < -0.3 is 14.8 Å². The number of ether oxygens (including phenoxy) is 2. The summed E-state index contributed by atoms with van der Waals surface area (Å²) in [5.41, 5.74) is 2.38. The smallest absolute Gasteiger partial charge is 0.255 e. The van der Waals surface area contributed by atoms with E-state index in [2.05, 4.69) is 22.4 Å². The molecule has 0 fully saturated rings. The first-order valence-electron chi connectivity index (χ1n) is 8.91. The van der Waals surface area contributed by atoms with Crippen molar-refractivity contribution in [2.24, 2.45) is 0 Å². The molecule has 1 N–H and O–H groups in total. The minimum atomic E-state index is -0.204. The third-order valence-corrected chi connectivity index (χ3v) is 4.99. The number of anilines is 1. The molecule has 0 bridgehead atoms. The van der Waals surface area contributed by atoms with Crippen LogP contribution in [0.15, 0.2) is 77.8 Å². The highest BCUT2D eigenvalue weighted by molar-refractivity contribution is 7.98. The molecule has 0 aliphatic heterocycles. The number of aromatic nitrogens is 1. The van der Waals surface area contributed by atoms with E-state index in [0.29, 0.717) is 30.3 Å². The minimum Gasteiger partial charge on any atom is -0.474 e. The summed E-state index contributed by atoms with van der Waals surface area (Å²) in [6, 6.07) is 21.4. The number of rotatable bonds is 9. The zero-order chi connectivity index (χ0) is 19.6. The normalized spacial score (nSPS) is 10.5. The molecular formula is C22H22N2O3S. The van der Waals surface area contributed by atoms with Crippen molar-refractivity contribution < 1.29 is 14.3 Å². The lowest BCUT2D eigenvalue weighted by Crippen LogP contribution is -2.14. The van der Waals surface area contributed by atoms with Crippen LogP contribution in [0.1, 0.15) is 15.9 Å². The molecule has 3 aromatic rings. The molecule has 0 saturated heterocycles. The number of nitrogens with zero attached hydrogens (tertiary/aromatic N) is 1. The van der Waals surface area contributed by atoms with Gasteiger partial charge in [-0.05, 0) is 42.0 Å².